The molecule has 0 fully saturated rings. The number of hydrogen-bond donors (Lipinski definition) is 0. The number of carbonyl (C=O) groups is 4. The molecule has 61 heavy (non-hydrogen) atoms. The molecule has 4 heterocycles. The standard InChI is InChI=1S/C23H26N4O3.C17H17BrN4O.C6H10O2/c1-7-30-23(29)15(3)11-17-8-9-18(14(2)10-17)19-13-21-24-20(22(28)26(5)6)12-16(4)27(21)25-19;1-10-7-12(18)5-6-13(10)14-9-16-19-15(17(23)21(3)4)8-11(2)22(16)20-14;1-4-8-6(7)5(2)3/h8-13H,7H2,1-6H3;5-9H,1-4H3;2,4H2,1,3H3/b15-11+;;. The summed E-state index contributed by atoms with van der Waals surface area (Å²) in [6.07, 6.45) is 1.81. The lowest BCUT2D eigenvalue weighted by Gasteiger charge is -2.10. The first kappa shape index (κ1) is 47.2. The summed E-state index contributed by atoms with van der Waals surface area (Å²) in [4.78, 5) is 58.6. The lowest BCUT2D eigenvalue weighted by Crippen LogP contribution is -2.23. The molecule has 14 nitrogen and oxygen atoms in total. The molecule has 320 valence electrons. The Morgan fingerprint density at radius 2 is 1.11 bits per heavy atom. The van der Waals surface area contributed by atoms with Gasteiger partial charge in [-0.25, -0.2) is 28.6 Å². The first-order chi connectivity index (χ1) is 28.7. The van der Waals surface area contributed by atoms with Gasteiger partial charge in [-0.05, 0) is 102 Å². The second-order valence-electron chi connectivity index (χ2n) is 14.6. The maximum Gasteiger partial charge on any atom is 0.333 e. The van der Waals surface area contributed by atoms with Crippen LogP contribution in [0.2, 0.25) is 0 Å². The molecule has 0 aliphatic carbocycles. The van der Waals surface area contributed by atoms with Crippen molar-refractivity contribution in [3.63, 3.8) is 0 Å². The molecule has 0 aliphatic rings. The van der Waals surface area contributed by atoms with Crippen LogP contribution in [0.15, 0.2) is 82.9 Å². The van der Waals surface area contributed by atoms with E-state index in [-0.39, 0.29) is 23.8 Å². The molecule has 15 heteroatoms. The molecule has 4 aromatic heterocycles. The molecule has 2 aromatic carbocycles. The van der Waals surface area contributed by atoms with E-state index in [1.165, 1.54) is 9.80 Å². The Kier molecular flexibility index (Phi) is 16.0. The number of benzene rings is 2. The molecule has 0 bridgehead atoms. The fourth-order valence-electron chi connectivity index (χ4n) is 5.98. The zero-order valence-electron chi connectivity index (χ0n) is 36.9. The molecule has 0 atom stereocenters. The lowest BCUT2D eigenvalue weighted by atomic mass is 10.0. The van der Waals surface area contributed by atoms with E-state index in [2.05, 4.69) is 53.5 Å². The molecule has 0 radical (unpaired) electrons. The third kappa shape index (κ3) is 11.8. The van der Waals surface area contributed by atoms with E-state index in [4.69, 9.17) is 4.74 Å². The fraction of sp³-hybridized carbons (Fsp3) is 0.304. The van der Waals surface area contributed by atoms with Gasteiger partial charge in [0.15, 0.2) is 11.3 Å². The van der Waals surface area contributed by atoms with Gasteiger partial charge in [-0.3, -0.25) is 9.59 Å². The smallest absolute Gasteiger partial charge is 0.333 e. The molecule has 0 unspecified atom stereocenters. The van der Waals surface area contributed by atoms with Crippen molar-refractivity contribution in [1.29, 1.82) is 0 Å². The zero-order chi connectivity index (χ0) is 45.3. The third-order valence-corrected chi connectivity index (χ3v) is 9.55. The molecule has 0 spiro atoms. The highest BCUT2D eigenvalue weighted by molar-refractivity contribution is 9.10. The summed E-state index contributed by atoms with van der Waals surface area (Å²) < 4.78 is 14.1. The number of halogens is 1. The highest BCUT2D eigenvalue weighted by atomic mass is 79.9. The second-order valence-corrected chi connectivity index (χ2v) is 15.6. The summed E-state index contributed by atoms with van der Waals surface area (Å²) >= 11 is 3.47. The monoisotopic (exact) mass is 892 g/mol. The predicted molar refractivity (Wildman–Crippen MR) is 241 cm³/mol. The van der Waals surface area contributed by atoms with Crippen LogP contribution in [0.5, 0.6) is 0 Å². The number of aromatic nitrogens is 6. The Bertz CT molecular complexity index is 2660. The van der Waals surface area contributed by atoms with E-state index in [0.717, 1.165) is 55.1 Å². The zero-order valence-corrected chi connectivity index (χ0v) is 38.5. The van der Waals surface area contributed by atoms with Gasteiger partial charge in [0.2, 0.25) is 0 Å². The topological polar surface area (TPSA) is 154 Å². The van der Waals surface area contributed by atoms with Crippen molar-refractivity contribution in [2.45, 2.75) is 55.4 Å². The molecular weight excluding hydrogens is 840 g/mol. The number of carbonyl (C=O) groups excluding carboxylic acids is 4. The minimum Gasteiger partial charge on any atom is -0.463 e. The normalized spacial score (nSPS) is 10.9. The van der Waals surface area contributed by atoms with E-state index < -0.39 is 0 Å². The number of rotatable bonds is 9. The van der Waals surface area contributed by atoms with Crippen molar-refractivity contribution in [3.8, 4) is 22.5 Å². The molecule has 2 amide bonds. The van der Waals surface area contributed by atoms with Gasteiger partial charge in [0.25, 0.3) is 11.8 Å². The number of aryl methyl sites for hydroxylation is 4. The fourth-order valence-corrected chi connectivity index (χ4v) is 6.45. The number of fused-ring (bicyclic) bond motifs is 2. The van der Waals surface area contributed by atoms with Crippen molar-refractivity contribution in [2.24, 2.45) is 0 Å². The summed E-state index contributed by atoms with van der Waals surface area (Å²) in [7, 11) is 6.84. The van der Waals surface area contributed by atoms with Crippen LogP contribution in [0.3, 0.4) is 0 Å². The van der Waals surface area contributed by atoms with E-state index in [1.54, 1.807) is 77.0 Å². The summed E-state index contributed by atoms with van der Waals surface area (Å²) in [6.45, 7) is 19.0. The van der Waals surface area contributed by atoms with Crippen molar-refractivity contribution in [3.05, 3.63) is 122 Å². The van der Waals surface area contributed by atoms with E-state index in [0.29, 0.717) is 47.0 Å². The number of nitrogens with zero attached hydrogens (tertiary/aromatic N) is 8. The first-order valence-corrected chi connectivity index (χ1v) is 20.3. The van der Waals surface area contributed by atoms with Gasteiger partial charge in [0.05, 0.1) is 24.6 Å². The average Bonchev–Trinajstić information content (AvgIpc) is 3.83. The Balaban J connectivity index is 0.000000233. The van der Waals surface area contributed by atoms with Crippen LogP contribution in [-0.2, 0) is 19.1 Å². The quantitative estimate of drug-likeness (QED) is 0.102. The molecule has 0 N–H and O–H groups in total. The van der Waals surface area contributed by atoms with Gasteiger partial charge in [0.1, 0.15) is 11.4 Å². The predicted octanol–water partition coefficient (Wildman–Crippen LogP) is 8.28. The van der Waals surface area contributed by atoms with Crippen molar-refractivity contribution >= 4 is 57.1 Å². The van der Waals surface area contributed by atoms with Gasteiger partial charge in [-0.1, -0.05) is 46.8 Å². The third-order valence-electron chi connectivity index (χ3n) is 9.06. The highest BCUT2D eigenvalue weighted by Crippen LogP contribution is 2.28. The molecule has 0 saturated carbocycles. The van der Waals surface area contributed by atoms with Crippen LogP contribution in [0.1, 0.15) is 76.8 Å². The second kappa shape index (κ2) is 20.7. The van der Waals surface area contributed by atoms with E-state index in [1.807, 2.05) is 76.2 Å². The maximum absolute atomic E-state index is 12.3. The van der Waals surface area contributed by atoms with Crippen LogP contribution >= 0.6 is 15.9 Å². The number of hydrogen-bond acceptors (Lipinski definition) is 10. The van der Waals surface area contributed by atoms with Crippen LogP contribution < -0.4 is 0 Å². The number of amides is 2. The molecular formula is C46H53BrN8O6. The molecule has 6 rings (SSSR count). The van der Waals surface area contributed by atoms with Gasteiger partial charge in [0, 0.05) is 78.5 Å². The SMILES string of the molecule is C=C(C)C(=O)OCC.CCOC(=O)/C(C)=C/c1ccc(-c2cc3nc(C(=O)N(C)C)cc(C)n3n2)c(C)c1.Cc1cc(Br)ccc1-c1cc2nc(C(=O)N(C)C)cc(C)n2n1. The van der Waals surface area contributed by atoms with Crippen LogP contribution in [0.4, 0.5) is 0 Å². The molecule has 6 aromatic rings. The van der Waals surface area contributed by atoms with Gasteiger partial charge in [-0.2, -0.15) is 10.2 Å². The Morgan fingerprint density at radius 1 is 0.672 bits per heavy atom. The largest absolute Gasteiger partial charge is 0.463 e. The van der Waals surface area contributed by atoms with Gasteiger partial charge < -0.3 is 19.3 Å². The van der Waals surface area contributed by atoms with E-state index >= 15 is 0 Å². The van der Waals surface area contributed by atoms with Crippen molar-refractivity contribution in [2.75, 3.05) is 41.4 Å². The average molecular weight is 894 g/mol. The first-order valence-electron chi connectivity index (χ1n) is 19.5. The Labute approximate surface area is 365 Å². The summed E-state index contributed by atoms with van der Waals surface area (Å²) in [5.74, 6) is -0.887. The lowest BCUT2D eigenvalue weighted by molar-refractivity contribution is -0.139. The van der Waals surface area contributed by atoms with Crippen LogP contribution in [-0.4, -0.2) is 104 Å². The number of esters is 2. The minimum atomic E-state index is -0.316. The Morgan fingerprint density at radius 3 is 1.51 bits per heavy atom. The van der Waals surface area contributed by atoms with Crippen LogP contribution in [0.25, 0.3) is 39.9 Å². The maximum atomic E-state index is 12.3. The van der Waals surface area contributed by atoms with Crippen molar-refractivity contribution < 1.29 is 28.7 Å². The Hall–Kier alpha value is -6.48. The summed E-state index contributed by atoms with van der Waals surface area (Å²) in [5, 5.41) is 9.30. The van der Waals surface area contributed by atoms with Gasteiger partial charge >= 0.3 is 11.9 Å². The number of ether oxygens (including phenoxy) is 2. The van der Waals surface area contributed by atoms with Crippen molar-refractivity contribution in [1.82, 2.24) is 39.0 Å². The highest BCUT2D eigenvalue weighted by Gasteiger charge is 2.17. The summed E-state index contributed by atoms with van der Waals surface area (Å²) in [6, 6.07) is 19.3. The van der Waals surface area contributed by atoms with Crippen LogP contribution in [0, 0.1) is 27.7 Å². The van der Waals surface area contributed by atoms with E-state index in [9.17, 15) is 19.2 Å². The summed E-state index contributed by atoms with van der Waals surface area (Å²) in [5.41, 5.74) is 11.5. The molecule has 0 saturated heterocycles. The van der Waals surface area contributed by atoms with Gasteiger partial charge in [-0.15, -0.1) is 0 Å². The molecule has 0 aliphatic heterocycles. The minimum absolute atomic E-state index is 0.113.